The second kappa shape index (κ2) is 6.98. The highest BCUT2D eigenvalue weighted by molar-refractivity contribution is 5.99. The highest BCUT2D eigenvalue weighted by atomic mass is 19.1. The van der Waals surface area contributed by atoms with Gasteiger partial charge in [0.05, 0.1) is 16.7 Å². The Bertz CT molecular complexity index is 550. The van der Waals surface area contributed by atoms with Crippen LogP contribution in [0.1, 0.15) is 37.6 Å². The molecule has 21 heavy (non-hydrogen) atoms. The lowest BCUT2D eigenvalue weighted by atomic mass is 10.0. The number of hydrogen-bond donors (Lipinski definition) is 3. The molecule has 1 aromatic carbocycles. The van der Waals surface area contributed by atoms with Crippen molar-refractivity contribution in [1.29, 1.82) is 0 Å². The fraction of sp³-hybridized carbons (Fsp3) is 0.462. The quantitative estimate of drug-likeness (QED) is 0.423. The lowest BCUT2D eigenvalue weighted by molar-refractivity contribution is -0.385. The molecule has 0 aliphatic rings. The van der Waals surface area contributed by atoms with Gasteiger partial charge in [0, 0.05) is 6.04 Å². The van der Waals surface area contributed by atoms with Gasteiger partial charge < -0.3 is 10.7 Å². The number of carbonyl (C=O) groups excluding carboxylic acids is 1. The van der Waals surface area contributed by atoms with Gasteiger partial charge in [0.25, 0.3) is 11.6 Å². The van der Waals surface area contributed by atoms with E-state index in [-0.39, 0.29) is 23.2 Å². The number of nitrogens with two attached hydrogens (primary N) is 1. The second-order valence-electron chi connectivity index (χ2n) is 4.90. The summed E-state index contributed by atoms with van der Waals surface area (Å²) in [5.74, 6) is 3.81. The van der Waals surface area contributed by atoms with Crippen LogP contribution in [-0.2, 0) is 0 Å². The highest BCUT2D eigenvalue weighted by Crippen LogP contribution is 2.26. The summed E-state index contributed by atoms with van der Waals surface area (Å²) < 4.78 is 13.5. The zero-order valence-corrected chi connectivity index (χ0v) is 12.1. The molecular weight excluding hydrogens is 279 g/mol. The van der Waals surface area contributed by atoms with Gasteiger partial charge in [-0.05, 0) is 18.9 Å². The molecule has 0 heterocycles. The van der Waals surface area contributed by atoms with Crippen LogP contribution in [0.15, 0.2) is 12.1 Å². The molecule has 0 saturated carbocycles. The first-order valence-corrected chi connectivity index (χ1v) is 6.57. The Labute approximate surface area is 121 Å². The molecule has 0 aliphatic carbocycles. The minimum atomic E-state index is -0.893. The molecule has 8 heteroatoms. The van der Waals surface area contributed by atoms with Crippen LogP contribution < -0.4 is 16.6 Å². The number of nitro groups is 1. The van der Waals surface area contributed by atoms with Gasteiger partial charge in [-0.1, -0.05) is 20.3 Å². The summed E-state index contributed by atoms with van der Waals surface area (Å²) in [5, 5.41) is 13.6. The van der Waals surface area contributed by atoms with Gasteiger partial charge in [-0.2, -0.15) is 0 Å². The van der Waals surface area contributed by atoms with Gasteiger partial charge in [-0.25, -0.2) is 4.39 Å². The number of benzene rings is 1. The third-order valence-electron chi connectivity index (χ3n) is 3.54. The number of anilines is 1. The number of hydrazine groups is 1. The maximum atomic E-state index is 13.5. The molecule has 7 nitrogen and oxygen atoms in total. The van der Waals surface area contributed by atoms with Crippen molar-refractivity contribution < 1.29 is 14.1 Å². The fourth-order valence-electron chi connectivity index (χ4n) is 1.79. The van der Waals surface area contributed by atoms with E-state index < -0.39 is 22.3 Å². The predicted octanol–water partition coefficient (Wildman–Crippen LogP) is 2.18. The van der Waals surface area contributed by atoms with E-state index in [0.29, 0.717) is 6.07 Å². The third kappa shape index (κ3) is 3.88. The number of amides is 1. The van der Waals surface area contributed by atoms with Crippen molar-refractivity contribution in [3.8, 4) is 0 Å². The van der Waals surface area contributed by atoms with Gasteiger partial charge in [0.2, 0.25) is 0 Å². The monoisotopic (exact) mass is 298 g/mol. The molecule has 0 aliphatic heterocycles. The van der Waals surface area contributed by atoms with Crippen molar-refractivity contribution >= 4 is 17.3 Å². The Balaban J connectivity index is 3.15. The molecule has 116 valence electrons. The second-order valence-corrected chi connectivity index (χ2v) is 4.90. The Morgan fingerprint density at radius 1 is 1.48 bits per heavy atom. The fourth-order valence-corrected chi connectivity index (χ4v) is 1.79. The van der Waals surface area contributed by atoms with Crippen molar-refractivity contribution in [2.24, 2.45) is 11.8 Å². The third-order valence-corrected chi connectivity index (χ3v) is 3.54. The minimum Gasteiger partial charge on any atom is -0.349 e. The first-order valence-electron chi connectivity index (χ1n) is 6.57. The van der Waals surface area contributed by atoms with Crippen LogP contribution in [0.3, 0.4) is 0 Å². The van der Waals surface area contributed by atoms with Gasteiger partial charge in [-0.15, -0.1) is 0 Å². The SMILES string of the molecule is CCC(C)C(C)NC(=O)c1cc(NN)c(F)cc1[N+](=O)[O-]. The van der Waals surface area contributed by atoms with E-state index in [9.17, 15) is 19.3 Å². The Kier molecular flexibility index (Phi) is 5.60. The van der Waals surface area contributed by atoms with E-state index in [1.54, 1.807) is 0 Å². The molecule has 0 bridgehead atoms. The molecule has 0 aromatic heterocycles. The van der Waals surface area contributed by atoms with Crippen LogP contribution in [0, 0.1) is 21.8 Å². The summed E-state index contributed by atoms with van der Waals surface area (Å²) in [6, 6.07) is 1.55. The van der Waals surface area contributed by atoms with Crippen molar-refractivity contribution in [2.45, 2.75) is 33.2 Å². The summed E-state index contributed by atoms with van der Waals surface area (Å²) in [6.45, 7) is 5.74. The standard InChI is InChI=1S/C13H19FN4O3/c1-4-7(2)8(3)16-13(19)9-5-11(17-15)10(14)6-12(9)18(20)21/h5-8,17H,4,15H2,1-3H3,(H,16,19). The van der Waals surface area contributed by atoms with E-state index >= 15 is 0 Å². The predicted molar refractivity (Wildman–Crippen MR) is 77.2 cm³/mol. The van der Waals surface area contributed by atoms with Crippen LogP contribution in [-0.4, -0.2) is 16.9 Å². The van der Waals surface area contributed by atoms with E-state index in [1.165, 1.54) is 0 Å². The Hall–Kier alpha value is -2.22. The molecule has 0 fully saturated rings. The molecule has 1 aromatic rings. The van der Waals surface area contributed by atoms with Crippen LogP contribution in [0.2, 0.25) is 0 Å². The van der Waals surface area contributed by atoms with E-state index in [1.807, 2.05) is 20.8 Å². The van der Waals surface area contributed by atoms with Crippen molar-refractivity contribution in [2.75, 3.05) is 5.43 Å². The van der Waals surface area contributed by atoms with Gasteiger partial charge in [0.15, 0.2) is 5.82 Å². The molecule has 1 amide bonds. The van der Waals surface area contributed by atoms with Crippen molar-refractivity contribution in [3.05, 3.63) is 33.6 Å². The van der Waals surface area contributed by atoms with Crippen LogP contribution in [0.25, 0.3) is 0 Å². The zero-order chi connectivity index (χ0) is 16.2. The highest BCUT2D eigenvalue weighted by Gasteiger charge is 2.25. The van der Waals surface area contributed by atoms with Gasteiger partial charge >= 0.3 is 0 Å². The smallest absolute Gasteiger partial charge is 0.285 e. The molecule has 2 atom stereocenters. The summed E-state index contributed by atoms with van der Waals surface area (Å²) in [6.07, 6.45) is 0.850. The largest absolute Gasteiger partial charge is 0.349 e. The average Bonchev–Trinajstić information content (AvgIpc) is 2.45. The van der Waals surface area contributed by atoms with Crippen molar-refractivity contribution in [1.82, 2.24) is 5.32 Å². The van der Waals surface area contributed by atoms with Gasteiger partial charge in [-0.3, -0.25) is 20.8 Å². The summed E-state index contributed by atoms with van der Waals surface area (Å²) in [4.78, 5) is 22.3. The molecular formula is C13H19FN4O3. The molecule has 4 N–H and O–H groups in total. The number of carbonyl (C=O) groups is 1. The number of nitrogens with zero attached hydrogens (tertiary/aromatic N) is 1. The zero-order valence-electron chi connectivity index (χ0n) is 12.1. The number of hydrogen-bond acceptors (Lipinski definition) is 5. The molecule has 0 spiro atoms. The lowest BCUT2D eigenvalue weighted by Gasteiger charge is -2.20. The first-order chi connectivity index (χ1) is 9.81. The summed E-state index contributed by atoms with van der Waals surface area (Å²) in [5.41, 5.74) is 1.06. The number of nitrogen functional groups attached to an aromatic ring is 1. The van der Waals surface area contributed by atoms with Gasteiger partial charge in [0.1, 0.15) is 5.56 Å². The molecule has 0 radical (unpaired) electrons. The maximum Gasteiger partial charge on any atom is 0.285 e. The summed E-state index contributed by atoms with van der Waals surface area (Å²) in [7, 11) is 0. The Morgan fingerprint density at radius 2 is 2.10 bits per heavy atom. The molecule has 0 saturated heterocycles. The molecule has 1 rings (SSSR count). The Morgan fingerprint density at radius 3 is 2.57 bits per heavy atom. The number of rotatable bonds is 6. The van der Waals surface area contributed by atoms with E-state index in [4.69, 9.17) is 5.84 Å². The number of nitro benzene ring substituents is 1. The molecule has 2 unspecified atom stereocenters. The number of halogens is 1. The first kappa shape index (κ1) is 16.8. The lowest BCUT2D eigenvalue weighted by Crippen LogP contribution is -2.37. The van der Waals surface area contributed by atoms with Crippen molar-refractivity contribution in [3.63, 3.8) is 0 Å². The maximum absolute atomic E-state index is 13.5. The number of nitrogens with one attached hydrogen (secondary N) is 2. The minimum absolute atomic E-state index is 0.165. The van der Waals surface area contributed by atoms with Crippen LogP contribution in [0.5, 0.6) is 0 Å². The topological polar surface area (TPSA) is 110 Å². The van der Waals surface area contributed by atoms with Crippen LogP contribution in [0.4, 0.5) is 15.8 Å². The normalized spacial score (nSPS) is 13.4. The van der Waals surface area contributed by atoms with Crippen LogP contribution >= 0.6 is 0 Å². The average molecular weight is 298 g/mol. The summed E-state index contributed by atoms with van der Waals surface area (Å²) >= 11 is 0. The van der Waals surface area contributed by atoms with E-state index in [2.05, 4.69) is 10.7 Å². The van der Waals surface area contributed by atoms with E-state index in [0.717, 1.165) is 12.5 Å².